The Labute approximate surface area is 186 Å². The van der Waals surface area contributed by atoms with Crippen molar-refractivity contribution in [3.05, 3.63) is 59.0 Å². The Morgan fingerprint density at radius 2 is 1.79 bits per heavy atom. The van der Waals surface area contributed by atoms with Gasteiger partial charge in [-0.25, -0.2) is 4.39 Å². The predicted molar refractivity (Wildman–Crippen MR) is 111 cm³/mol. The number of phenols is 1. The van der Waals surface area contributed by atoms with E-state index in [4.69, 9.17) is 4.74 Å². The predicted octanol–water partition coefficient (Wildman–Crippen LogP) is 5.44. The molecule has 3 aromatic rings. The number of hydrogen-bond donors (Lipinski definition) is 1. The second-order valence-electron chi connectivity index (χ2n) is 7.42. The van der Waals surface area contributed by atoms with E-state index in [1.807, 2.05) is 6.92 Å². The summed E-state index contributed by atoms with van der Waals surface area (Å²) < 4.78 is 61.5. The number of phenolic OH excluding ortho intramolecular Hbond substituents is 1. The lowest BCUT2D eigenvalue weighted by atomic mass is 9.98. The summed E-state index contributed by atoms with van der Waals surface area (Å²) in [4.78, 5) is 25.7. The molecule has 0 saturated carbocycles. The van der Waals surface area contributed by atoms with Crippen LogP contribution in [0.15, 0.2) is 36.4 Å². The van der Waals surface area contributed by atoms with Crippen LogP contribution < -0.4 is 4.74 Å². The third-order valence-corrected chi connectivity index (χ3v) is 5.09. The molecule has 1 heterocycles. The van der Waals surface area contributed by atoms with Crippen LogP contribution in [0.5, 0.6) is 11.5 Å². The molecule has 0 saturated heterocycles. The average molecular weight is 467 g/mol. The molecular formula is C23H21F4NO5. The van der Waals surface area contributed by atoms with Crippen molar-refractivity contribution in [3.8, 4) is 11.5 Å². The topological polar surface area (TPSA) is 77.8 Å². The second kappa shape index (κ2) is 9.13. The van der Waals surface area contributed by atoms with Crippen molar-refractivity contribution in [2.75, 3.05) is 6.61 Å². The molecule has 0 aliphatic rings. The fourth-order valence-corrected chi connectivity index (χ4v) is 3.63. The number of carbonyl (C=O) groups excluding carboxylic acids is 2. The third kappa shape index (κ3) is 4.94. The Morgan fingerprint density at radius 3 is 2.36 bits per heavy atom. The van der Waals surface area contributed by atoms with Crippen LogP contribution in [-0.2, 0) is 9.53 Å². The molecule has 2 aromatic carbocycles. The number of esters is 1. The smallest absolute Gasteiger partial charge is 0.505 e. The van der Waals surface area contributed by atoms with Gasteiger partial charge in [0.1, 0.15) is 5.75 Å². The number of alkyl halides is 3. The van der Waals surface area contributed by atoms with Gasteiger partial charge in [-0.05, 0) is 56.2 Å². The van der Waals surface area contributed by atoms with Gasteiger partial charge in [0.05, 0.1) is 18.0 Å². The van der Waals surface area contributed by atoms with E-state index in [9.17, 15) is 32.3 Å². The van der Waals surface area contributed by atoms with Crippen LogP contribution in [0.2, 0.25) is 0 Å². The zero-order chi connectivity index (χ0) is 24.5. The minimum Gasteiger partial charge on any atom is -0.505 e. The molecule has 0 unspecified atom stereocenters. The fraction of sp³-hybridized carbons (Fsp3) is 0.304. The summed E-state index contributed by atoms with van der Waals surface area (Å²) >= 11 is 0. The molecule has 0 bridgehead atoms. The molecule has 10 heteroatoms. The van der Waals surface area contributed by atoms with E-state index in [1.165, 1.54) is 0 Å². The van der Waals surface area contributed by atoms with E-state index in [-0.39, 0.29) is 23.1 Å². The van der Waals surface area contributed by atoms with E-state index in [0.29, 0.717) is 17.7 Å². The standard InChI is InChI=1S/C23H21F4NO5/c1-4-9-32-22(31)12(2)20-13(3)28(18-11-17(24)19(29)10-16(18)20)21(30)14-5-7-15(8-6-14)33-23(25,26)27/h5-8,10-12,29H,4,9H2,1-3H3/t12-/m1/s1. The van der Waals surface area contributed by atoms with Gasteiger partial charge in [-0.2, -0.15) is 0 Å². The highest BCUT2D eigenvalue weighted by atomic mass is 19.4. The van der Waals surface area contributed by atoms with Crippen LogP contribution in [-0.4, -0.2) is 34.5 Å². The average Bonchev–Trinajstić information content (AvgIpc) is 3.01. The number of carbonyl (C=O) groups is 2. The largest absolute Gasteiger partial charge is 0.573 e. The van der Waals surface area contributed by atoms with Crippen LogP contribution >= 0.6 is 0 Å². The maximum atomic E-state index is 14.2. The summed E-state index contributed by atoms with van der Waals surface area (Å²) in [7, 11) is 0. The van der Waals surface area contributed by atoms with E-state index in [1.54, 1.807) is 13.8 Å². The molecule has 3 rings (SSSR count). The van der Waals surface area contributed by atoms with Crippen molar-refractivity contribution >= 4 is 22.8 Å². The first-order valence-electron chi connectivity index (χ1n) is 10.0. The SMILES string of the molecule is CCCOC(=O)[C@H](C)c1c(C)n(C(=O)c2ccc(OC(F)(F)F)cc2)c2cc(F)c(O)cc12. The maximum Gasteiger partial charge on any atom is 0.573 e. The van der Waals surface area contributed by atoms with Crippen molar-refractivity contribution in [2.45, 2.75) is 39.5 Å². The summed E-state index contributed by atoms with van der Waals surface area (Å²) in [6, 6.07) is 6.35. The van der Waals surface area contributed by atoms with Gasteiger partial charge in [0.15, 0.2) is 11.6 Å². The minimum atomic E-state index is -4.88. The lowest BCUT2D eigenvalue weighted by Crippen LogP contribution is -2.18. The first-order chi connectivity index (χ1) is 15.4. The molecule has 0 spiro atoms. The van der Waals surface area contributed by atoms with Gasteiger partial charge in [0.25, 0.3) is 5.91 Å². The molecule has 33 heavy (non-hydrogen) atoms. The summed E-state index contributed by atoms with van der Waals surface area (Å²) in [5, 5.41) is 10.2. The second-order valence-corrected chi connectivity index (χ2v) is 7.42. The quantitative estimate of drug-likeness (QED) is 0.386. The highest BCUT2D eigenvalue weighted by Gasteiger charge is 2.31. The molecule has 0 radical (unpaired) electrons. The summed E-state index contributed by atoms with van der Waals surface area (Å²) in [5.41, 5.74) is 0.766. The first-order valence-corrected chi connectivity index (χ1v) is 10.0. The molecule has 0 fully saturated rings. The van der Waals surface area contributed by atoms with Gasteiger partial charge in [-0.15, -0.1) is 13.2 Å². The molecule has 0 amide bonds. The van der Waals surface area contributed by atoms with E-state index in [2.05, 4.69) is 4.74 Å². The molecule has 176 valence electrons. The van der Waals surface area contributed by atoms with Crippen LogP contribution in [0, 0.1) is 12.7 Å². The number of aromatic nitrogens is 1. The van der Waals surface area contributed by atoms with Crippen molar-refractivity contribution in [2.24, 2.45) is 0 Å². The summed E-state index contributed by atoms with van der Waals surface area (Å²) in [6.07, 6.45) is -4.27. The Hall–Kier alpha value is -3.56. The number of halogens is 4. The normalized spacial score (nSPS) is 12.6. The Kier molecular flexibility index (Phi) is 6.66. The molecule has 0 aliphatic carbocycles. The highest BCUT2D eigenvalue weighted by Crippen LogP contribution is 2.36. The van der Waals surface area contributed by atoms with E-state index >= 15 is 0 Å². The Bertz CT molecular complexity index is 1200. The lowest BCUT2D eigenvalue weighted by molar-refractivity contribution is -0.274. The lowest BCUT2D eigenvalue weighted by Gasteiger charge is -2.13. The van der Waals surface area contributed by atoms with Crippen molar-refractivity contribution in [1.29, 1.82) is 0 Å². The fourth-order valence-electron chi connectivity index (χ4n) is 3.63. The van der Waals surface area contributed by atoms with Gasteiger partial charge >= 0.3 is 12.3 Å². The number of benzene rings is 2. The Balaban J connectivity index is 2.11. The maximum absolute atomic E-state index is 14.2. The van der Waals surface area contributed by atoms with Gasteiger partial charge in [-0.3, -0.25) is 14.2 Å². The first kappa shape index (κ1) is 24.1. The monoisotopic (exact) mass is 467 g/mol. The third-order valence-electron chi connectivity index (χ3n) is 5.09. The number of nitrogens with zero attached hydrogens (tertiary/aromatic N) is 1. The number of aromatic hydroxyl groups is 1. The molecule has 6 nitrogen and oxygen atoms in total. The van der Waals surface area contributed by atoms with Gasteiger partial charge in [0, 0.05) is 22.7 Å². The van der Waals surface area contributed by atoms with Crippen LogP contribution in [0.25, 0.3) is 10.9 Å². The van der Waals surface area contributed by atoms with Crippen LogP contribution in [0.3, 0.4) is 0 Å². The molecule has 1 N–H and O–H groups in total. The summed E-state index contributed by atoms with van der Waals surface area (Å²) in [6.45, 7) is 5.15. The zero-order valence-electron chi connectivity index (χ0n) is 18.0. The van der Waals surface area contributed by atoms with Gasteiger partial charge in [0.2, 0.25) is 0 Å². The van der Waals surface area contributed by atoms with Crippen molar-refractivity contribution < 1.29 is 41.7 Å². The summed E-state index contributed by atoms with van der Waals surface area (Å²) in [5.74, 6) is -4.19. The number of fused-ring (bicyclic) bond motifs is 1. The minimum absolute atomic E-state index is 0.00534. The van der Waals surface area contributed by atoms with E-state index in [0.717, 1.165) is 41.0 Å². The molecule has 1 atom stereocenters. The van der Waals surface area contributed by atoms with Crippen molar-refractivity contribution in [3.63, 3.8) is 0 Å². The Morgan fingerprint density at radius 1 is 1.15 bits per heavy atom. The number of hydrogen-bond acceptors (Lipinski definition) is 5. The van der Waals surface area contributed by atoms with Gasteiger partial charge < -0.3 is 14.6 Å². The van der Waals surface area contributed by atoms with Gasteiger partial charge in [-0.1, -0.05) is 6.92 Å². The zero-order valence-corrected chi connectivity index (χ0v) is 18.0. The number of ether oxygens (including phenoxy) is 2. The van der Waals surface area contributed by atoms with E-state index < -0.39 is 41.5 Å². The van der Waals surface area contributed by atoms with Crippen LogP contribution in [0.1, 0.15) is 47.8 Å². The molecule has 1 aromatic heterocycles. The molecular weight excluding hydrogens is 446 g/mol. The van der Waals surface area contributed by atoms with Crippen molar-refractivity contribution in [1.82, 2.24) is 4.57 Å². The highest BCUT2D eigenvalue weighted by molar-refractivity contribution is 6.05. The van der Waals surface area contributed by atoms with Crippen LogP contribution in [0.4, 0.5) is 17.6 Å². The number of rotatable bonds is 6. The molecule has 0 aliphatic heterocycles.